The second kappa shape index (κ2) is 9.27. The Bertz CT molecular complexity index is 842. The van der Waals surface area contributed by atoms with Gasteiger partial charge in [0.25, 0.3) is 10.0 Å². The number of methoxy groups -OCH3 is 1. The van der Waals surface area contributed by atoms with Crippen LogP contribution in [-0.2, 0) is 16.4 Å². The second-order valence-corrected chi connectivity index (χ2v) is 8.97. The minimum atomic E-state index is -3.54. The van der Waals surface area contributed by atoms with Gasteiger partial charge in [0.15, 0.2) is 0 Å². The molecule has 0 aromatic heterocycles. The minimum absolute atomic E-state index is 0.343. The molecule has 0 atom stereocenters. The molecular weight excluding hydrogens is 358 g/mol. The van der Waals surface area contributed by atoms with E-state index >= 15 is 0 Å². The predicted octanol–water partition coefficient (Wildman–Crippen LogP) is 5.38. The molecule has 3 rings (SSSR count). The first-order valence-corrected chi connectivity index (χ1v) is 11.1. The molecular formula is C22H31NO3S. The standard InChI is InChI=1S/C19H23NO3S.C3H8/c1-14(2)15-6-9-18(10-7-15)24(21,22)20-12-4-5-16-13-17(23-3)8-11-19(16)20;1-3-2/h6-11,13-14H,4-5,12H2,1-3H3;3H2,1-2H3. The molecule has 4 nitrogen and oxygen atoms in total. The zero-order valence-electron chi connectivity index (χ0n) is 17.0. The maximum Gasteiger partial charge on any atom is 0.264 e. The van der Waals surface area contributed by atoms with E-state index in [0.717, 1.165) is 35.4 Å². The van der Waals surface area contributed by atoms with Gasteiger partial charge in [0.1, 0.15) is 5.75 Å². The number of rotatable bonds is 4. The predicted molar refractivity (Wildman–Crippen MR) is 112 cm³/mol. The number of aryl methyl sites for hydroxylation is 1. The lowest BCUT2D eigenvalue weighted by Crippen LogP contribution is -2.35. The lowest BCUT2D eigenvalue weighted by molar-refractivity contribution is 0.414. The summed E-state index contributed by atoms with van der Waals surface area (Å²) in [5, 5.41) is 0. The van der Waals surface area contributed by atoms with Crippen molar-refractivity contribution in [3.8, 4) is 5.75 Å². The summed E-state index contributed by atoms with van der Waals surface area (Å²) in [7, 11) is -1.92. The van der Waals surface area contributed by atoms with E-state index in [9.17, 15) is 8.42 Å². The van der Waals surface area contributed by atoms with Crippen LogP contribution < -0.4 is 9.04 Å². The van der Waals surface area contributed by atoms with Gasteiger partial charge < -0.3 is 4.74 Å². The molecule has 0 N–H and O–H groups in total. The molecule has 2 aromatic rings. The van der Waals surface area contributed by atoms with Crippen LogP contribution in [0, 0.1) is 0 Å². The van der Waals surface area contributed by atoms with Crippen molar-refractivity contribution in [2.45, 2.75) is 57.8 Å². The zero-order chi connectivity index (χ0) is 20.0. The molecule has 0 radical (unpaired) electrons. The van der Waals surface area contributed by atoms with Crippen LogP contribution >= 0.6 is 0 Å². The number of benzene rings is 2. The third-order valence-corrected chi connectivity index (χ3v) is 6.32. The van der Waals surface area contributed by atoms with Gasteiger partial charge in [-0.3, -0.25) is 4.31 Å². The quantitative estimate of drug-likeness (QED) is 0.705. The third kappa shape index (κ3) is 4.83. The van der Waals surface area contributed by atoms with Crippen LogP contribution in [-0.4, -0.2) is 22.1 Å². The van der Waals surface area contributed by atoms with E-state index in [2.05, 4.69) is 27.7 Å². The highest BCUT2D eigenvalue weighted by Crippen LogP contribution is 2.34. The van der Waals surface area contributed by atoms with Gasteiger partial charge in [-0.25, -0.2) is 8.42 Å². The summed E-state index contributed by atoms with van der Waals surface area (Å²) in [5.41, 5.74) is 2.91. The SMILES string of the molecule is CCC.COc1ccc2c(c1)CCCN2S(=O)(=O)c1ccc(C(C)C)cc1. The van der Waals surface area contributed by atoms with E-state index < -0.39 is 10.0 Å². The van der Waals surface area contributed by atoms with Gasteiger partial charge >= 0.3 is 0 Å². The Labute approximate surface area is 164 Å². The molecule has 2 aromatic carbocycles. The van der Waals surface area contributed by atoms with E-state index in [0.29, 0.717) is 17.4 Å². The van der Waals surface area contributed by atoms with E-state index in [1.807, 2.05) is 30.3 Å². The van der Waals surface area contributed by atoms with E-state index in [1.54, 1.807) is 19.2 Å². The van der Waals surface area contributed by atoms with Crippen molar-refractivity contribution in [1.82, 2.24) is 0 Å². The van der Waals surface area contributed by atoms with Crippen LogP contribution in [0.5, 0.6) is 5.75 Å². The van der Waals surface area contributed by atoms with E-state index in [4.69, 9.17) is 4.74 Å². The van der Waals surface area contributed by atoms with Crippen molar-refractivity contribution in [2.24, 2.45) is 0 Å². The monoisotopic (exact) mass is 389 g/mol. The summed E-state index contributed by atoms with van der Waals surface area (Å²) in [6.07, 6.45) is 2.92. The first kappa shape index (κ1) is 21.3. The smallest absolute Gasteiger partial charge is 0.264 e. The van der Waals surface area contributed by atoms with Gasteiger partial charge in [-0.05, 0) is 60.2 Å². The van der Waals surface area contributed by atoms with Gasteiger partial charge in [-0.1, -0.05) is 46.2 Å². The molecule has 0 saturated heterocycles. The number of hydrogen-bond acceptors (Lipinski definition) is 3. The van der Waals surface area contributed by atoms with Gasteiger partial charge in [0.2, 0.25) is 0 Å². The Morgan fingerprint density at radius 1 is 1.07 bits per heavy atom. The zero-order valence-corrected chi connectivity index (χ0v) is 17.8. The number of anilines is 1. The summed E-state index contributed by atoms with van der Waals surface area (Å²) in [6.45, 7) is 8.95. The molecule has 148 valence electrons. The number of hydrogen-bond donors (Lipinski definition) is 0. The Morgan fingerprint density at radius 2 is 1.70 bits per heavy atom. The van der Waals surface area contributed by atoms with Crippen LogP contribution in [0.25, 0.3) is 0 Å². The highest BCUT2D eigenvalue weighted by Gasteiger charge is 2.29. The first-order valence-electron chi connectivity index (χ1n) is 9.64. The van der Waals surface area contributed by atoms with E-state index in [1.165, 1.54) is 10.7 Å². The van der Waals surface area contributed by atoms with Gasteiger partial charge in [-0.2, -0.15) is 0 Å². The van der Waals surface area contributed by atoms with Crippen LogP contribution in [0.2, 0.25) is 0 Å². The average molecular weight is 390 g/mol. The Hall–Kier alpha value is -2.01. The van der Waals surface area contributed by atoms with Gasteiger partial charge in [-0.15, -0.1) is 0 Å². The van der Waals surface area contributed by atoms with Crippen molar-refractivity contribution >= 4 is 15.7 Å². The van der Waals surface area contributed by atoms with Gasteiger partial charge in [0.05, 0.1) is 17.7 Å². The molecule has 0 spiro atoms. The number of nitrogens with zero attached hydrogens (tertiary/aromatic N) is 1. The Balaban J connectivity index is 0.000000817. The van der Waals surface area contributed by atoms with Crippen LogP contribution in [0.1, 0.15) is 57.6 Å². The number of ether oxygens (including phenoxy) is 1. The van der Waals surface area contributed by atoms with Crippen LogP contribution in [0.3, 0.4) is 0 Å². The van der Waals surface area contributed by atoms with Crippen molar-refractivity contribution < 1.29 is 13.2 Å². The molecule has 5 heteroatoms. The Kier molecular flexibility index (Phi) is 7.31. The molecule has 0 unspecified atom stereocenters. The molecule has 0 fully saturated rings. The maximum absolute atomic E-state index is 13.1. The van der Waals surface area contributed by atoms with Crippen molar-refractivity contribution in [2.75, 3.05) is 18.0 Å². The lowest BCUT2D eigenvalue weighted by atomic mass is 10.0. The maximum atomic E-state index is 13.1. The lowest BCUT2D eigenvalue weighted by Gasteiger charge is -2.30. The highest BCUT2D eigenvalue weighted by molar-refractivity contribution is 7.92. The van der Waals surface area contributed by atoms with E-state index in [-0.39, 0.29) is 0 Å². The molecule has 1 aliphatic rings. The molecule has 1 aliphatic heterocycles. The minimum Gasteiger partial charge on any atom is -0.497 e. The summed E-state index contributed by atoms with van der Waals surface area (Å²) in [4.78, 5) is 0.343. The van der Waals surface area contributed by atoms with Crippen LogP contribution in [0.15, 0.2) is 47.4 Å². The number of sulfonamides is 1. The van der Waals surface area contributed by atoms with Crippen molar-refractivity contribution in [1.29, 1.82) is 0 Å². The molecule has 1 heterocycles. The van der Waals surface area contributed by atoms with Crippen molar-refractivity contribution in [3.05, 3.63) is 53.6 Å². The topological polar surface area (TPSA) is 46.6 Å². The molecule has 27 heavy (non-hydrogen) atoms. The molecule has 0 bridgehead atoms. The fourth-order valence-corrected chi connectivity index (χ4v) is 4.61. The molecule has 0 amide bonds. The third-order valence-electron chi connectivity index (χ3n) is 4.50. The molecule has 0 saturated carbocycles. The molecule has 0 aliphatic carbocycles. The van der Waals surface area contributed by atoms with Crippen molar-refractivity contribution in [3.63, 3.8) is 0 Å². The average Bonchev–Trinajstić information content (AvgIpc) is 2.67. The fraction of sp³-hybridized carbons (Fsp3) is 0.455. The summed E-state index contributed by atoms with van der Waals surface area (Å²) in [6, 6.07) is 12.8. The van der Waals surface area contributed by atoms with Crippen LogP contribution in [0.4, 0.5) is 5.69 Å². The number of fused-ring (bicyclic) bond motifs is 1. The summed E-state index contributed by atoms with van der Waals surface area (Å²) >= 11 is 0. The fourth-order valence-electron chi connectivity index (χ4n) is 3.07. The Morgan fingerprint density at radius 3 is 2.26 bits per heavy atom. The normalized spacial score (nSPS) is 13.6. The summed E-state index contributed by atoms with van der Waals surface area (Å²) < 4.78 is 32.9. The largest absolute Gasteiger partial charge is 0.497 e. The highest BCUT2D eigenvalue weighted by atomic mass is 32.2. The summed E-state index contributed by atoms with van der Waals surface area (Å²) in [5.74, 6) is 1.14. The second-order valence-electron chi connectivity index (χ2n) is 7.11. The first-order chi connectivity index (χ1) is 12.8. The van der Waals surface area contributed by atoms with Gasteiger partial charge in [0, 0.05) is 6.54 Å².